The third kappa shape index (κ3) is 6.82. The molecule has 1 aromatic heterocycles. The number of aryl methyl sites for hydroxylation is 2. The number of benzene rings is 2. The molecule has 2 aromatic carbocycles. The Labute approximate surface area is 205 Å². The molecule has 0 amide bonds. The van der Waals surface area contributed by atoms with E-state index < -0.39 is 0 Å². The monoisotopic (exact) mass is 458 g/mol. The smallest absolute Gasteiger partial charge is 0.190 e. The fourth-order valence-electron chi connectivity index (χ4n) is 5.43. The molecule has 34 heavy (non-hydrogen) atoms. The predicted octanol–water partition coefficient (Wildman–Crippen LogP) is 7.35. The second kappa shape index (κ2) is 12.9. The van der Waals surface area contributed by atoms with Crippen LogP contribution in [0.15, 0.2) is 59.4 Å². The Kier molecular flexibility index (Phi) is 9.38. The quantitative estimate of drug-likeness (QED) is 0.265. The van der Waals surface area contributed by atoms with E-state index in [-0.39, 0.29) is 5.43 Å². The maximum atomic E-state index is 12.5. The van der Waals surface area contributed by atoms with E-state index in [9.17, 15) is 4.79 Å². The lowest BCUT2D eigenvalue weighted by Gasteiger charge is -2.26. The van der Waals surface area contributed by atoms with Gasteiger partial charge < -0.3 is 9.47 Å². The van der Waals surface area contributed by atoms with Crippen LogP contribution in [0.2, 0.25) is 0 Å². The molecule has 4 rings (SSSR count). The fourth-order valence-corrected chi connectivity index (χ4v) is 5.43. The van der Waals surface area contributed by atoms with Gasteiger partial charge in [0.05, 0.1) is 11.2 Å². The molecule has 0 spiro atoms. The van der Waals surface area contributed by atoms with Crippen LogP contribution in [0.5, 0.6) is 0 Å². The lowest BCUT2D eigenvalue weighted by Crippen LogP contribution is -2.30. The standard InChI is InChI=1S/C31H42N2O/c1-32-29-17-11-10-16-28(29)31(34)25-30(32)27-20-18-26(19-21-27)15-9-6-4-2-3-5-7-12-22-33-23-13-8-14-24-33/h10-11,16-21,25H,2-9,12-15,22-24H2,1H3. The van der Waals surface area contributed by atoms with Crippen LogP contribution < -0.4 is 5.43 Å². The summed E-state index contributed by atoms with van der Waals surface area (Å²) in [5, 5.41) is 0.780. The van der Waals surface area contributed by atoms with Gasteiger partial charge in [0.25, 0.3) is 0 Å². The molecule has 0 atom stereocenters. The van der Waals surface area contributed by atoms with E-state index in [4.69, 9.17) is 0 Å². The summed E-state index contributed by atoms with van der Waals surface area (Å²) in [6.45, 7) is 4.01. The van der Waals surface area contributed by atoms with Crippen LogP contribution in [0.25, 0.3) is 22.2 Å². The number of hydrogen-bond acceptors (Lipinski definition) is 2. The molecule has 3 heteroatoms. The minimum atomic E-state index is 0.0924. The molecule has 1 fully saturated rings. The number of pyridine rings is 1. The average Bonchev–Trinajstić information content (AvgIpc) is 2.88. The molecule has 0 saturated carbocycles. The van der Waals surface area contributed by atoms with Crippen molar-refractivity contribution in [3.05, 3.63) is 70.4 Å². The molecule has 182 valence electrons. The van der Waals surface area contributed by atoms with Crippen molar-refractivity contribution in [2.75, 3.05) is 19.6 Å². The van der Waals surface area contributed by atoms with E-state index in [1.54, 1.807) is 6.07 Å². The summed E-state index contributed by atoms with van der Waals surface area (Å²) < 4.78 is 2.12. The molecule has 1 aliphatic rings. The van der Waals surface area contributed by atoms with E-state index in [1.807, 2.05) is 31.3 Å². The molecule has 3 aromatic rings. The molecular formula is C31H42N2O. The van der Waals surface area contributed by atoms with Crippen LogP contribution in [0.3, 0.4) is 0 Å². The highest BCUT2D eigenvalue weighted by Gasteiger charge is 2.09. The number of piperidine rings is 1. The molecule has 1 aliphatic heterocycles. The first-order chi connectivity index (χ1) is 16.7. The van der Waals surface area contributed by atoms with Crippen LogP contribution in [-0.4, -0.2) is 29.1 Å². The van der Waals surface area contributed by atoms with Crippen LogP contribution in [-0.2, 0) is 13.5 Å². The number of unbranched alkanes of at least 4 members (excludes halogenated alkanes) is 7. The zero-order valence-electron chi connectivity index (χ0n) is 21.1. The molecule has 0 N–H and O–H groups in total. The van der Waals surface area contributed by atoms with Gasteiger partial charge in [-0.3, -0.25) is 4.79 Å². The largest absolute Gasteiger partial charge is 0.343 e. The third-order valence-electron chi connectivity index (χ3n) is 7.55. The molecule has 1 saturated heterocycles. The van der Waals surface area contributed by atoms with Gasteiger partial charge in [-0.15, -0.1) is 0 Å². The maximum absolute atomic E-state index is 12.5. The normalized spacial score (nSPS) is 14.6. The van der Waals surface area contributed by atoms with Crippen molar-refractivity contribution in [3.63, 3.8) is 0 Å². The Morgan fingerprint density at radius 3 is 2.12 bits per heavy atom. The van der Waals surface area contributed by atoms with Gasteiger partial charge in [-0.1, -0.05) is 81.3 Å². The Bertz CT molecular complexity index is 1080. The highest BCUT2D eigenvalue weighted by atomic mass is 16.1. The predicted molar refractivity (Wildman–Crippen MR) is 146 cm³/mol. The summed E-state index contributed by atoms with van der Waals surface area (Å²) >= 11 is 0. The van der Waals surface area contributed by atoms with Crippen LogP contribution in [0.4, 0.5) is 0 Å². The topological polar surface area (TPSA) is 25.2 Å². The number of rotatable bonds is 12. The van der Waals surface area contributed by atoms with Crippen molar-refractivity contribution in [2.24, 2.45) is 7.05 Å². The number of hydrogen-bond donors (Lipinski definition) is 0. The lowest BCUT2D eigenvalue weighted by atomic mass is 10.0. The minimum absolute atomic E-state index is 0.0924. The van der Waals surface area contributed by atoms with Crippen molar-refractivity contribution < 1.29 is 0 Å². The Hall–Kier alpha value is -2.39. The van der Waals surface area contributed by atoms with E-state index >= 15 is 0 Å². The van der Waals surface area contributed by atoms with E-state index in [1.165, 1.54) is 95.8 Å². The fraction of sp³-hybridized carbons (Fsp3) is 0.516. The van der Waals surface area contributed by atoms with Gasteiger partial charge in [0.2, 0.25) is 0 Å². The number of likely N-dealkylation sites (tertiary alicyclic amines) is 1. The molecule has 0 bridgehead atoms. The summed E-state index contributed by atoms with van der Waals surface area (Å²) in [5.41, 5.74) is 4.55. The summed E-state index contributed by atoms with van der Waals surface area (Å²) in [5.74, 6) is 0. The summed E-state index contributed by atoms with van der Waals surface area (Å²) in [6, 6.07) is 18.4. The summed E-state index contributed by atoms with van der Waals surface area (Å²) in [7, 11) is 2.04. The van der Waals surface area contributed by atoms with Crippen molar-refractivity contribution in [3.8, 4) is 11.3 Å². The van der Waals surface area contributed by atoms with Crippen molar-refractivity contribution >= 4 is 10.9 Å². The first-order valence-electron chi connectivity index (χ1n) is 13.6. The Morgan fingerprint density at radius 1 is 0.735 bits per heavy atom. The SMILES string of the molecule is Cn1c(-c2ccc(CCCCCCCCCCN3CCCCC3)cc2)cc(=O)c2ccccc21. The van der Waals surface area contributed by atoms with Gasteiger partial charge in [0.15, 0.2) is 5.43 Å². The van der Waals surface area contributed by atoms with Gasteiger partial charge in [-0.2, -0.15) is 0 Å². The number of aromatic nitrogens is 1. The van der Waals surface area contributed by atoms with Crippen LogP contribution in [0, 0.1) is 0 Å². The second-order valence-electron chi connectivity index (χ2n) is 10.1. The number of fused-ring (bicyclic) bond motifs is 1. The molecule has 3 nitrogen and oxygen atoms in total. The van der Waals surface area contributed by atoms with Crippen molar-refractivity contribution in [2.45, 2.75) is 77.0 Å². The maximum Gasteiger partial charge on any atom is 0.190 e. The van der Waals surface area contributed by atoms with Gasteiger partial charge in [0.1, 0.15) is 0 Å². The summed E-state index contributed by atoms with van der Waals surface area (Å²) in [4.78, 5) is 15.2. The van der Waals surface area contributed by atoms with Crippen molar-refractivity contribution in [1.29, 1.82) is 0 Å². The Balaban J connectivity index is 1.13. The highest BCUT2D eigenvalue weighted by Crippen LogP contribution is 2.23. The number of para-hydroxylation sites is 1. The van der Waals surface area contributed by atoms with Crippen molar-refractivity contribution in [1.82, 2.24) is 9.47 Å². The highest BCUT2D eigenvalue weighted by molar-refractivity contribution is 5.82. The first-order valence-corrected chi connectivity index (χ1v) is 13.6. The second-order valence-corrected chi connectivity index (χ2v) is 10.1. The Morgan fingerprint density at radius 2 is 1.38 bits per heavy atom. The molecular weight excluding hydrogens is 416 g/mol. The van der Waals surface area contributed by atoms with Gasteiger partial charge in [0, 0.05) is 18.5 Å². The molecule has 2 heterocycles. The zero-order chi connectivity index (χ0) is 23.6. The summed E-state index contributed by atoms with van der Waals surface area (Å²) in [6.07, 6.45) is 16.4. The number of nitrogens with zero attached hydrogens (tertiary/aromatic N) is 2. The van der Waals surface area contributed by atoms with Gasteiger partial charge in [-0.05, 0) is 75.0 Å². The van der Waals surface area contributed by atoms with Crippen LogP contribution >= 0.6 is 0 Å². The van der Waals surface area contributed by atoms with E-state index in [0.717, 1.165) is 28.6 Å². The van der Waals surface area contributed by atoms with Gasteiger partial charge in [-0.25, -0.2) is 0 Å². The first kappa shape index (κ1) is 24.7. The van der Waals surface area contributed by atoms with Crippen LogP contribution in [0.1, 0.15) is 76.2 Å². The van der Waals surface area contributed by atoms with E-state index in [2.05, 4.69) is 33.7 Å². The molecule has 0 aliphatic carbocycles. The van der Waals surface area contributed by atoms with Gasteiger partial charge >= 0.3 is 0 Å². The zero-order valence-corrected chi connectivity index (χ0v) is 21.1. The van der Waals surface area contributed by atoms with E-state index in [0.29, 0.717) is 0 Å². The molecule has 0 unspecified atom stereocenters. The lowest BCUT2D eigenvalue weighted by molar-refractivity contribution is 0.224. The average molecular weight is 459 g/mol. The molecule has 0 radical (unpaired) electrons. The third-order valence-corrected chi connectivity index (χ3v) is 7.55. The minimum Gasteiger partial charge on any atom is -0.343 e.